The van der Waals surface area contributed by atoms with E-state index in [9.17, 15) is 4.79 Å². The molecule has 0 aliphatic rings. The summed E-state index contributed by atoms with van der Waals surface area (Å²) in [6.45, 7) is 6.10. The summed E-state index contributed by atoms with van der Waals surface area (Å²) in [6, 6.07) is 1.55. The number of hydrogen-bond acceptors (Lipinski definition) is 5. The summed E-state index contributed by atoms with van der Waals surface area (Å²) in [4.78, 5) is 11.6. The Morgan fingerprint density at radius 1 is 1.10 bits per heavy atom. The van der Waals surface area contributed by atoms with Crippen molar-refractivity contribution in [3.05, 3.63) is 26.2 Å². The molecule has 1 aromatic rings. The molecule has 1 heterocycles. The molecule has 1 aromatic heterocycles. The van der Waals surface area contributed by atoms with Gasteiger partial charge >= 0.3 is 0 Å². The molecule has 0 atom stereocenters. The van der Waals surface area contributed by atoms with Crippen molar-refractivity contribution in [3.63, 3.8) is 0 Å². The average molecular weight is 410 g/mol. The Bertz CT molecular complexity index is 439. The van der Waals surface area contributed by atoms with E-state index < -0.39 is 0 Å². The van der Waals surface area contributed by atoms with Gasteiger partial charge < -0.3 is 14.2 Å². The van der Waals surface area contributed by atoms with Gasteiger partial charge in [-0.15, -0.1) is 0 Å². The van der Waals surface area contributed by atoms with Gasteiger partial charge in [0.2, 0.25) is 0 Å². The van der Waals surface area contributed by atoms with Crippen LogP contribution in [0.15, 0.2) is 17.1 Å². The molecular formula is C14H23IN2O4. The number of aromatic nitrogens is 2. The van der Waals surface area contributed by atoms with Crippen molar-refractivity contribution in [2.75, 3.05) is 39.6 Å². The lowest BCUT2D eigenvalue weighted by molar-refractivity contribution is 0.0122. The minimum absolute atomic E-state index is 0.106. The van der Waals surface area contributed by atoms with E-state index >= 15 is 0 Å². The van der Waals surface area contributed by atoms with E-state index in [0.717, 1.165) is 23.0 Å². The molecule has 0 spiro atoms. The van der Waals surface area contributed by atoms with Crippen molar-refractivity contribution in [3.8, 4) is 0 Å². The van der Waals surface area contributed by atoms with Gasteiger partial charge in [-0.3, -0.25) is 4.79 Å². The van der Waals surface area contributed by atoms with Crippen LogP contribution in [0.1, 0.15) is 19.8 Å². The second-order valence-electron chi connectivity index (χ2n) is 4.43. The van der Waals surface area contributed by atoms with Gasteiger partial charge in [0.15, 0.2) is 0 Å². The molecule has 1 rings (SSSR count). The van der Waals surface area contributed by atoms with Crippen LogP contribution < -0.4 is 5.56 Å². The van der Waals surface area contributed by atoms with Crippen LogP contribution in [0.2, 0.25) is 0 Å². The molecule has 21 heavy (non-hydrogen) atoms. The van der Waals surface area contributed by atoms with E-state index in [2.05, 4.69) is 34.6 Å². The predicted octanol–water partition coefficient (Wildman–Crippen LogP) is 1.70. The number of ether oxygens (including phenoxy) is 3. The van der Waals surface area contributed by atoms with Crippen LogP contribution in [0.25, 0.3) is 0 Å². The van der Waals surface area contributed by atoms with Crippen LogP contribution in [0, 0.1) is 3.57 Å². The van der Waals surface area contributed by atoms with E-state index in [1.54, 1.807) is 12.3 Å². The highest BCUT2D eigenvalue weighted by atomic mass is 127. The lowest BCUT2D eigenvalue weighted by Crippen LogP contribution is -2.24. The van der Waals surface area contributed by atoms with Crippen LogP contribution in [-0.2, 0) is 20.8 Å². The van der Waals surface area contributed by atoms with Crippen LogP contribution in [-0.4, -0.2) is 49.4 Å². The highest BCUT2D eigenvalue weighted by Gasteiger charge is 1.98. The first kappa shape index (κ1) is 18.5. The van der Waals surface area contributed by atoms with E-state index in [0.29, 0.717) is 39.6 Å². The maximum atomic E-state index is 11.6. The third kappa shape index (κ3) is 9.18. The number of unbranched alkanes of at least 4 members (excludes halogenated alkanes) is 1. The van der Waals surface area contributed by atoms with Crippen LogP contribution in [0.5, 0.6) is 0 Å². The van der Waals surface area contributed by atoms with Gasteiger partial charge in [0.1, 0.15) is 0 Å². The number of nitrogens with zero attached hydrogens (tertiary/aromatic N) is 2. The Labute approximate surface area is 138 Å². The first-order chi connectivity index (χ1) is 10.2. The Morgan fingerprint density at radius 2 is 1.71 bits per heavy atom. The summed E-state index contributed by atoms with van der Waals surface area (Å²) in [7, 11) is 0. The quantitative estimate of drug-likeness (QED) is 0.388. The predicted molar refractivity (Wildman–Crippen MR) is 88.6 cm³/mol. The Morgan fingerprint density at radius 3 is 2.33 bits per heavy atom. The minimum atomic E-state index is -0.106. The van der Waals surface area contributed by atoms with Gasteiger partial charge in [-0.2, -0.15) is 5.10 Å². The Kier molecular flexibility index (Phi) is 10.7. The Balaban J connectivity index is 1.94. The fraction of sp³-hybridized carbons (Fsp3) is 0.714. The molecule has 0 saturated carbocycles. The first-order valence-corrected chi connectivity index (χ1v) is 8.28. The smallest absolute Gasteiger partial charge is 0.267 e. The monoisotopic (exact) mass is 410 g/mol. The van der Waals surface area contributed by atoms with E-state index in [1.165, 1.54) is 4.68 Å². The van der Waals surface area contributed by atoms with E-state index in [-0.39, 0.29) is 5.56 Å². The zero-order valence-electron chi connectivity index (χ0n) is 12.4. The topological polar surface area (TPSA) is 62.6 Å². The van der Waals surface area contributed by atoms with E-state index in [1.807, 2.05) is 0 Å². The first-order valence-electron chi connectivity index (χ1n) is 7.20. The van der Waals surface area contributed by atoms with Crippen molar-refractivity contribution in [1.29, 1.82) is 0 Å². The Hall–Kier alpha value is -0.510. The van der Waals surface area contributed by atoms with Crippen molar-refractivity contribution in [2.45, 2.75) is 26.3 Å². The maximum absolute atomic E-state index is 11.6. The van der Waals surface area contributed by atoms with Gasteiger partial charge in [-0.05, 0) is 29.0 Å². The van der Waals surface area contributed by atoms with Crippen LogP contribution in [0.4, 0.5) is 0 Å². The van der Waals surface area contributed by atoms with Gasteiger partial charge in [0, 0.05) is 16.2 Å². The normalized spacial score (nSPS) is 11.0. The molecule has 0 aliphatic heterocycles. The zero-order chi connectivity index (χ0) is 15.3. The number of rotatable bonds is 12. The second kappa shape index (κ2) is 12.1. The molecule has 0 unspecified atom stereocenters. The fourth-order valence-electron chi connectivity index (χ4n) is 1.52. The second-order valence-corrected chi connectivity index (χ2v) is 5.67. The fourth-order valence-corrected chi connectivity index (χ4v) is 1.91. The average Bonchev–Trinajstić information content (AvgIpc) is 2.46. The van der Waals surface area contributed by atoms with Crippen LogP contribution in [0.3, 0.4) is 0 Å². The molecule has 0 bridgehead atoms. The molecule has 0 amide bonds. The molecule has 0 aromatic carbocycles. The summed E-state index contributed by atoms with van der Waals surface area (Å²) in [5.74, 6) is 0. The summed E-state index contributed by atoms with van der Waals surface area (Å²) in [5, 5.41) is 4.03. The number of hydrogen-bond donors (Lipinski definition) is 0. The van der Waals surface area contributed by atoms with Gasteiger partial charge in [-0.1, -0.05) is 13.3 Å². The molecule has 0 fully saturated rings. The zero-order valence-corrected chi connectivity index (χ0v) is 14.6. The van der Waals surface area contributed by atoms with Gasteiger partial charge in [-0.25, -0.2) is 4.68 Å². The lowest BCUT2D eigenvalue weighted by Gasteiger charge is -2.07. The molecule has 0 N–H and O–H groups in total. The van der Waals surface area contributed by atoms with Gasteiger partial charge in [0.05, 0.1) is 45.8 Å². The SMILES string of the molecule is CCCCOCCOCCOCCn1ncc(I)cc1=O. The minimum Gasteiger partial charge on any atom is -0.379 e. The summed E-state index contributed by atoms with van der Waals surface area (Å²) in [5.41, 5.74) is -0.106. The lowest BCUT2D eigenvalue weighted by atomic mass is 10.4. The van der Waals surface area contributed by atoms with Crippen molar-refractivity contribution < 1.29 is 14.2 Å². The molecule has 0 aliphatic carbocycles. The number of halogens is 1. The van der Waals surface area contributed by atoms with Crippen molar-refractivity contribution >= 4 is 22.6 Å². The largest absolute Gasteiger partial charge is 0.379 e. The van der Waals surface area contributed by atoms with E-state index in [4.69, 9.17) is 14.2 Å². The molecular weight excluding hydrogens is 387 g/mol. The highest BCUT2D eigenvalue weighted by Crippen LogP contribution is 1.95. The summed E-state index contributed by atoms with van der Waals surface area (Å²) in [6.07, 6.45) is 3.89. The molecule has 0 saturated heterocycles. The van der Waals surface area contributed by atoms with Crippen LogP contribution >= 0.6 is 22.6 Å². The standard InChI is InChI=1S/C14H23IN2O4/c1-2-3-5-19-7-9-21-10-8-20-6-4-17-14(18)11-13(15)12-16-17/h11-12H,2-10H2,1H3. The summed E-state index contributed by atoms with van der Waals surface area (Å²) >= 11 is 2.06. The van der Waals surface area contributed by atoms with Crippen molar-refractivity contribution in [1.82, 2.24) is 9.78 Å². The third-order valence-electron chi connectivity index (χ3n) is 2.67. The molecule has 7 heteroatoms. The van der Waals surface area contributed by atoms with Gasteiger partial charge in [0.25, 0.3) is 5.56 Å². The summed E-state index contributed by atoms with van der Waals surface area (Å²) < 4.78 is 18.4. The highest BCUT2D eigenvalue weighted by molar-refractivity contribution is 14.1. The molecule has 120 valence electrons. The third-order valence-corrected chi connectivity index (χ3v) is 3.26. The molecule has 0 radical (unpaired) electrons. The van der Waals surface area contributed by atoms with Crippen molar-refractivity contribution in [2.24, 2.45) is 0 Å². The maximum Gasteiger partial charge on any atom is 0.267 e. The molecule has 6 nitrogen and oxygen atoms in total.